The fourth-order valence-corrected chi connectivity index (χ4v) is 4.80. The number of hydrogen-bond donors (Lipinski definition) is 0. The number of piperidine rings is 1. The lowest BCUT2D eigenvalue weighted by Crippen LogP contribution is -2.60. The van der Waals surface area contributed by atoms with E-state index in [1.807, 2.05) is 7.05 Å². The van der Waals surface area contributed by atoms with Crippen molar-refractivity contribution in [2.24, 2.45) is 0 Å². The molecule has 2 saturated heterocycles. The highest BCUT2D eigenvalue weighted by Gasteiger charge is 2.43. The van der Waals surface area contributed by atoms with Crippen molar-refractivity contribution in [3.63, 3.8) is 0 Å². The molecule has 0 aliphatic carbocycles. The third-order valence-corrected chi connectivity index (χ3v) is 6.07. The van der Waals surface area contributed by atoms with Gasteiger partial charge in [0.05, 0.1) is 18.8 Å². The summed E-state index contributed by atoms with van der Waals surface area (Å²) in [5.74, 6) is 0. The number of likely N-dealkylation sites (N-methyl/N-ethyl adjacent to an activating group) is 1. The van der Waals surface area contributed by atoms with Crippen LogP contribution in [0.4, 0.5) is 0 Å². The Morgan fingerprint density at radius 1 is 1.35 bits per heavy atom. The van der Waals surface area contributed by atoms with Crippen LogP contribution in [0.2, 0.25) is 0 Å². The summed E-state index contributed by atoms with van der Waals surface area (Å²) in [4.78, 5) is 2.14. The highest BCUT2D eigenvalue weighted by Crippen LogP contribution is 2.29. The summed E-state index contributed by atoms with van der Waals surface area (Å²) in [5, 5.41) is -0.0155. The number of likely N-dealkylation sites (tertiary alicyclic amines) is 1. The first-order valence-corrected chi connectivity index (χ1v) is 8.79. The average Bonchev–Trinajstić information content (AvgIpc) is 2.85. The number of hydrogen-bond acceptors (Lipinski definition) is 5. The standard InChI is InChI=1S/C12H17BrN2O4S/c1-14-5-4-10-9(8-14)15(6-7-18-10)20(16,17)12-3-2-11(13)19-12/h2-3,9-10H,4-8H2,1H3. The first-order valence-electron chi connectivity index (χ1n) is 6.56. The first kappa shape index (κ1) is 14.5. The number of furan rings is 1. The number of sulfonamides is 1. The topological polar surface area (TPSA) is 63.0 Å². The highest BCUT2D eigenvalue weighted by atomic mass is 79.9. The molecule has 2 aliphatic rings. The van der Waals surface area contributed by atoms with Gasteiger partial charge in [0.2, 0.25) is 5.09 Å². The zero-order chi connectivity index (χ0) is 14.3. The Morgan fingerprint density at radius 3 is 2.85 bits per heavy atom. The molecule has 0 saturated carbocycles. The predicted molar refractivity (Wildman–Crippen MR) is 75.9 cm³/mol. The van der Waals surface area contributed by atoms with Crippen molar-refractivity contribution < 1.29 is 17.6 Å². The van der Waals surface area contributed by atoms with Gasteiger partial charge in [-0.15, -0.1) is 0 Å². The molecule has 2 unspecified atom stereocenters. The van der Waals surface area contributed by atoms with Crippen molar-refractivity contribution in [1.82, 2.24) is 9.21 Å². The van der Waals surface area contributed by atoms with Crippen molar-refractivity contribution in [3.05, 3.63) is 16.8 Å². The van der Waals surface area contributed by atoms with Gasteiger partial charge in [-0.2, -0.15) is 4.31 Å². The predicted octanol–water partition coefficient (Wildman–Crippen LogP) is 1.14. The number of halogens is 1. The smallest absolute Gasteiger partial charge is 0.276 e. The van der Waals surface area contributed by atoms with Crippen LogP contribution in [-0.2, 0) is 14.8 Å². The number of morpholine rings is 1. The van der Waals surface area contributed by atoms with Crippen molar-refractivity contribution in [3.8, 4) is 0 Å². The summed E-state index contributed by atoms with van der Waals surface area (Å²) in [7, 11) is -1.61. The summed E-state index contributed by atoms with van der Waals surface area (Å²) in [5.41, 5.74) is 0. The zero-order valence-electron chi connectivity index (χ0n) is 11.2. The number of ether oxygens (including phenoxy) is 1. The van der Waals surface area contributed by atoms with Crippen molar-refractivity contribution in [2.45, 2.75) is 23.7 Å². The van der Waals surface area contributed by atoms with Crippen molar-refractivity contribution >= 4 is 26.0 Å². The maximum atomic E-state index is 12.7. The van der Waals surface area contributed by atoms with E-state index < -0.39 is 10.0 Å². The van der Waals surface area contributed by atoms with Gasteiger partial charge in [-0.1, -0.05) is 0 Å². The molecule has 0 bridgehead atoms. The largest absolute Gasteiger partial charge is 0.437 e. The molecule has 3 heterocycles. The van der Waals surface area contributed by atoms with Crippen LogP contribution < -0.4 is 0 Å². The Balaban J connectivity index is 1.91. The molecule has 2 fully saturated rings. The van der Waals surface area contributed by atoms with Crippen LogP contribution in [0, 0.1) is 0 Å². The van der Waals surface area contributed by atoms with Gasteiger partial charge >= 0.3 is 0 Å². The van der Waals surface area contributed by atoms with Crippen molar-refractivity contribution in [2.75, 3.05) is 33.3 Å². The number of fused-ring (bicyclic) bond motifs is 1. The Bertz CT molecular complexity index is 588. The summed E-state index contributed by atoms with van der Waals surface area (Å²) >= 11 is 3.14. The van der Waals surface area contributed by atoms with E-state index in [2.05, 4.69) is 20.8 Å². The minimum absolute atomic E-state index is 0.0155. The van der Waals surface area contributed by atoms with Gasteiger partial charge in [-0.25, -0.2) is 8.42 Å². The highest BCUT2D eigenvalue weighted by molar-refractivity contribution is 9.10. The maximum absolute atomic E-state index is 12.7. The zero-order valence-corrected chi connectivity index (χ0v) is 13.6. The lowest BCUT2D eigenvalue weighted by atomic mass is 10.0. The van der Waals surface area contributed by atoms with E-state index in [-0.39, 0.29) is 17.2 Å². The molecule has 0 N–H and O–H groups in total. The van der Waals surface area contributed by atoms with Crippen LogP contribution in [0.5, 0.6) is 0 Å². The number of rotatable bonds is 2. The van der Waals surface area contributed by atoms with Crippen LogP contribution in [0.15, 0.2) is 26.3 Å². The monoisotopic (exact) mass is 364 g/mol. The summed E-state index contributed by atoms with van der Waals surface area (Å²) in [6, 6.07) is 2.94. The maximum Gasteiger partial charge on any atom is 0.276 e. The molecule has 2 aliphatic heterocycles. The van der Waals surface area contributed by atoms with Gasteiger partial charge in [0.1, 0.15) is 0 Å². The molecule has 1 aromatic rings. The molecule has 0 aromatic carbocycles. The van der Waals surface area contributed by atoms with Crippen LogP contribution in [-0.4, -0.2) is 63.1 Å². The minimum atomic E-state index is -3.61. The Morgan fingerprint density at radius 2 is 2.15 bits per heavy atom. The third kappa shape index (κ3) is 2.55. The quantitative estimate of drug-likeness (QED) is 0.787. The van der Waals surface area contributed by atoms with E-state index in [0.29, 0.717) is 24.4 Å². The lowest BCUT2D eigenvalue weighted by molar-refractivity contribution is -0.0722. The van der Waals surface area contributed by atoms with Crippen LogP contribution in [0.25, 0.3) is 0 Å². The fourth-order valence-electron chi connectivity index (χ4n) is 2.85. The second-order valence-corrected chi connectivity index (χ2v) is 7.80. The van der Waals surface area contributed by atoms with Gasteiger partial charge in [0.15, 0.2) is 4.67 Å². The van der Waals surface area contributed by atoms with E-state index in [1.165, 1.54) is 10.4 Å². The van der Waals surface area contributed by atoms with Gasteiger partial charge in [0.25, 0.3) is 10.0 Å². The van der Waals surface area contributed by atoms with Gasteiger partial charge < -0.3 is 14.1 Å². The average molecular weight is 365 g/mol. The van der Waals surface area contributed by atoms with Gasteiger partial charge in [-0.3, -0.25) is 0 Å². The molecule has 0 radical (unpaired) electrons. The summed E-state index contributed by atoms with van der Waals surface area (Å²) in [6.07, 6.45) is 0.836. The van der Waals surface area contributed by atoms with E-state index in [0.717, 1.165) is 13.0 Å². The van der Waals surface area contributed by atoms with Crippen LogP contribution >= 0.6 is 15.9 Å². The Hall–Kier alpha value is -0.410. The number of nitrogens with zero attached hydrogens (tertiary/aromatic N) is 2. The molecule has 3 rings (SSSR count). The minimum Gasteiger partial charge on any atom is -0.437 e. The molecule has 0 amide bonds. The molecule has 8 heteroatoms. The van der Waals surface area contributed by atoms with Gasteiger partial charge in [0, 0.05) is 19.6 Å². The lowest BCUT2D eigenvalue weighted by Gasteiger charge is -2.44. The molecule has 6 nitrogen and oxygen atoms in total. The SMILES string of the molecule is CN1CCC2OCCN(S(=O)(=O)c3ccc(Br)o3)C2C1. The van der Waals surface area contributed by atoms with E-state index in [9.17, 15) is 8.42 Å². The van der Waals surface area contributed by atoms with Crippen molar-refractivity contribution in [1.29, 1.82) is 0 Å². The van der Waals surface area contributed by atoms with Crippen LogP contribution in [0.1, 0.15) is 6.42 Å². The third-order valence-electron chi connectivity index (χ3n) is 3.85. The summed E-state index contributed by atoms with van der Waals surface area (Å²) < 4.78 is 38.3. The summed E-state index contributed by atoms with van der Waals surface area (Å²) in [6.45, 7) is 2.43. The van der Waals surface area contributed by atoms with E-state index in [4.69, 9.17) is 9.15 Å². The molecule has 0 spiro atoms. The molecular formula is C12H17BrN2O4S. The molecule has 2 atom stereocenters. The molecule has 112 valence electrons. The van der Waals surface area contributed by atoms with Crippen LogP contribution in [0.3, 0.4) is 0 Å². The molecular weight excluding hydrogens is 348 g/mol. The van der Waals surface area contributed by atoms with Gasteiger partial charge in [-0.05, 0) is 41.5 Å². The fraction of sp³-hybridized carbons (Fsp3) is 0.667. The van der Waals surface area contributed by atoms with E-state index >= 15 is 0 Å². The second-order valence-electron chi connectivity index (χ2n) is 5.20. The normalized spacial score (nSPS) is 29.3. The second kappa shape index (κ2) is 5.42. The molecule has 20 heavy (non-hydrogen) atoms. The molecule has 1 aromatic heterocycles. The Labute approximate surface area is 126 Å². The first-order chi connectivity index (χ1) is 9.48. The Kier molecular flexibility index (Phi) is 3.93. The van der Waals surface area contributed by atoms with E-state index in [1.54, 1.807) is 6.07 Å².